The van der Waals surface area contributed by atoms with E-state index in [4.69, 9.17) is 4.52 Å². The van der Waals surface area contributed by atoms with Gasteiger partial charge in [0.05, 0.1) is 15.8 Å². The smallest absolute Gasteiger partial charge is 0.238 e. The largest absolute Gasteiger partial charge is 0.360 e. The lowest BCUT2D eigenvalue weighted by Gasteiger charge is -2.09. The number of rotatable bonds is 6. The second-order valence-corrected chi connectivity index (χ2v) is 8.02. The molecule has 0 saturated heterocycles. The Hall–Kier alpha value is -1.64. The van der Waals surface area contributed by atoms with Crippen molar-refractivity contribution in [1.82, 2.24) is 10.1 Å². The fourth-order valence-electron chi connectivity index (χ4n) is 1.83. The number of hydrogen-bond donors (Lipinski definition) is 1. The Morgan fingerprint density at radius 2 is 2.35 bits per heavy atom. The number of carbonyl (C=O) groups excluding carboxylic acids is 1. The fraction of sp³-hybridized carbons (Fsp3) is 0.267. The summed E-state index contributed by atoms with van der Waals surface area (Å²) in [5, 5.41) is 11.4. The van der Waals surface area contributed by atoms with Crippen molar-refractivity contribution < 1.29 is 9.32 Å². The molecule has 0 radical (unpaired) electrons. The van der Waals surface area contributed by atoms with Crippen molar-refractivity contribution in [1.29, 1.82) is 0 Å². The van der Waals surface area contributed by atoms with Gasteiger partial charge in [-0.05, 0) is 25.3 Å². The molecule has 0 aliphatic heterocycles. The highest BCUT2D eigenvalue weighted by Crippen LogP contribution is 2.29. The van der Waals surface area contributed by atoms with E-state index in [9.17, 15) is 4.79 Å². The molecule has 3 aromatic heterocycles. The number of anilines is 1. The van der Waals surface area contributed by atoms with Crippen LogP contribution in [-0.4, -0.2) is 21.3 Å². The normalized spacial score (nSPS) is 12.3. The molecule has 1 N–H and O–H groups in total. The number of thiophene rings is 1. The number of thiazole rings is 1. The monoisotopic (exact) mass is 365 g/mol. The van der Waals surface area contributed by atoms with Gasteiger partial charge in [0.15, 0.2) is 5.82 Å². The molecule has 0 aliphatic rings. The van der Waals surface area contributed by atoms with E-state index < -0.39 is 0 Å². The maximum absolute atomic E-state index is 12.1. The molecule has 3 aromatic rings. The third-order valence-electron chi connectivity index (χ3n) is 3.01. The zero-order valence-electron chi connectivity index (χ0n) is 12.6. The van der Waals surface area contributed by atoms with Crippen molar-refractivity contribution in [3.05, 3.63) is 40.4 Å². The average molecular weight is 366 g/mol. The zero-order chi connectivity index (χ0) is 16.2. The number of aryl methyl sites for hydroxylation is 1. The first kappa shape index (κ1) is 16.2. The van der Waals surface area contributed by atoms with Gasteiger partial charge in [-0.3, -0.25) is 4.79 Å². The number of nitrogens with zero attached hydrogens (tertiary/aromatic N) is 2. The van der Waals surface area contributed by atoms with Crippen LogP contribution in [0.3, 0.4) is 0 Å². The Balaban J connectivity index is 1.52. The van der Waals surface area contributed by atoms with E-state index in [0.717, 1.165) is 10.7 Å². The van der Waals surface area contributed by atoms with Gasteiger partial charge in [-0.15, -0.1) is 34.4 Å². The van der Waals surface area contributed by atoms with Gasteiger partial charge < -0.3 is 9.84 Å². The van der Waals surface area contributed by atoms with Crippen LogP contribution >= 0.6 is 34.4 Å². The summed E-state index contributed by atoms with van der Waals surface area (Å²) in [4.78, 5) is 17.9. The lowest BCUT2D eigenvalue weighted by Crippen LogP contribution is -2.22. The van der Waals surface area contributed by atoms with E-state index in [2.05, 4.69) is 21.5 Å². The standard InChI is InChI=1S/C15H15N3O2S3/c1-9-6-13(18-20-9)17-14(19)10(2)22-7-11-8-23-15(16-11)12-4-3-5-21-12/h3-6,8,10H,7H2,1-2H3,(H,17,18,19). The Bertz CT molecular complexity index is 780. The van der Waals surface area contributed by atoms with Crippen LogP contribution in [0.5, 0.6) is 0 Å². The van der Waals surface area contributed by atoms with Gasteiger partial charge in [0, 0.05) is 17.2 Å². The minimum Gasteiger partial charge on any atom is -0.360 e. The maximum atomic E-state index is 12.1. The molecule has 0 spiro atoms. The van der Waals surface area contributed by atoms with Crippen molar-refractivity contribution in [2.45, 2.75) is 24.9 Å². The van der Waals surface area contributed by atoms with E-state index >= 15 is 0 Å². The van der Waals surface area contributed by atoms with E-state index in [1.54, 1.807) is 47.4 Å². The Kier molecular flexibility index (Phi) is 5.14. The van der Waals surface area contributed by atoms with Crippen molar-refractivity contribution in [3.63, 3.8) is 0 Å². The summed E-state index contributed by atoms with van der Waals surface area (Å²) in [7, 11) is 0. The van der Waals surface area contributed by atoms with Crippen molar-refractivity contribution in [3.8, 4) is 9.88 Å². The van der Waals surface area contributed by atoms with Gasteiger partial charge in [-0.25, -0.2) is 4.98 Å². The molecular formula is C15H15N3O2S3. The Morgan fingerprint density at radius 1 is 1.48 bits per heavy atom. The summed E-state index contributed by atoms with van der Waals surface area (Å²) in [6, 6.07) is 5.78. The van der Waals surface area contributed by atoms with Crippen LogP contribution in [0.2, 0.25) is 0 Å². The number of thioether (sulfide) groups is 1. The number of carbonyl (C=O) groups is 1. The van der Waals surface area contributed by atoms with Gasteiger partial charge in [0.2, 0.25) is 5.91 Å². The zero-order valence-corrected chi connectivity index (χ0v) is 15.1. The molecule has 0 saturated carbocycles. The molecule has 23 heavy (non-hydrogen) atoms. The van der Waals surface area contributed by atoms with Crippen LogP contribution in [-0.2, 0) is 10.5 Å². The molecule has 1 atom stereocenters. The summed E-state index contributed by atoms with van der Waals surface area (Å²) >= 11 is 4.87. The maximum Gasteiger partial charge on any atom is 0.238 e. The van der Waals surface area contributed by atoms with Crippen LogP contribution in [0.1, 0.15) is 18.4 Å². The highest BCUT2D eigenvalue weighted by atomic mass is 32.2. The van der Waals surface area contributed by atoms with Gasteiger partial charge in [0.25, 0.3) is 0 Å². The number of amides is 1. The van der Waals surface area contributed by atoms with Gasteiger partial charge in [-0.1, -0.05) is 11.2 Å². The van der Waals surface area contributed by atoms with Crippen LogP contribution in [0, 0.1) is 6.92 Å². The molecule has 3 rings (SSSR count). The number of hydrogen-bond acceptors (Lipinski definition) is 7. The lowest BCUT2D eigenvalue weighted by atomic mass is 10.4. The van der Waals surface area contributed by atoms with Crippen molar-refractivity contribution >= 4 is 46.2 Å². The average Bonchev–Trinajstić information content (AvgIpc) is 3.26. The SMILES string of the molecule is Cc1cc(NC(=O)C(C)SCc2csc(-c3cccs3)n2)no1. The van der Waals surface area contributed by atoms with Crippen LogP contribution < -0.4 is 5.32 Å². The molecule has 8 heteroatoms. The summed E-state index contributed by atoms with van der Waals surface area (Å²) in [6.45, 7) is 3.66. The lowest BCUT2D eigenvalue weighted by molar-refractivity contribution is -0.115. The minimum atomic E-state index is -0.195. The first-order valence-electron chi connectivity index (χ1n) is 6.96. The molecule has 1 amide bonds. The first-order chi connectivity index (χ1) is 11.1. The summed E-state index contributed by atoms with van der Waals surface area (Å²) in [6.07, 6.45) is 0. The summed E-state index contributed by atoms with van der Waals surface area (Å²) in [5.74, 6) is 1.74. The van der Waals surface area contributed by atoms with E-state index in [-0.39, 0.29) is 11.2 Å². The van der Waals surface area contributed by atoms with Crippen LogP contribution in [0.25, 0.3) is 9.88 Å². The number of nitrogens with one attached hydrogen (secondary N) is 1. The van der Waals surface area contributed by atoms with Gasteiger partial charge >= 0.3 is 0 Å². The molecule has 1 unspecified atom stereocenters. The third kappa shape index (κ3) is 4.21. The molecule has 5 nitrogen and oxygen atoms in total. The predicted octanol–water partition coefficient (Wildman–Crippen LogP) is 4.43. The highest BCUT2D eigenvalue weighted by molar-refractivity contribution is 7.99. The van der Waals surface area contributed by atoms with Gasteiger partial charge in [0.1, 0.15) is 10.8 Å². The van der Waals surface area contributed by atoms with Crippen molar-refractivity contribution in [2.75, 3.05) is 5.32 Å². The molecule has 0 fully saturated rings. The van der Waals surface area contributed by atoms with E-state index in [1.807, 2.05) is 23.8 Å². The van der Waals surface area contributed by atoms with Gasteiger partial charge in [-0.2, -0.15) is 0 Å². The van der Waals surface area contributed by atoms with Crippen molar-refractivity contribution in [2.24, 2.45) is 0 Å². The van der Waals surface area contributed by atoms with E-state index in [1.165, 1.54) is 4.88 Å². The molecule has 120 valence electrons. The fourth-order valence-corrected chi connectivity index (χ4v) is 4.34. The minimum absolute atomic E-state index is 0.0861. The van der Waals surface area contributed by atoms with Crippen LogP contribution in [0.15, 0.2) is 33.5 Å². The van der Waals surface area contributed by atoms with Crippen LogP contribution in [0.4, 0.5) is 5.82 Å². The highest BCUT2D eigenvalue weighted by Gasteiger charge is 2.16. The summed E-state index contributed by atoms with van der Waals surface area (Å²) < 4.78 is 4.93. The Labute approximate surface area is 146 Å². The number of aromatic nitrogens is 2. The molecule has 0 aromatic carbocycles. The molecule has 0 aliphatic carbocycles. The first-order valence-corrected chi connectivity index (χ1v) is 9.76. The second-order valence-electron chi connectivity index (χ2n) is 4.89. The quantitative estimate of drug-likeness (QED) is 0.700. The third-order valence-corrected chi connectivity index (χ3v) is 6.12. The van der Waals surface area contributed by atoms with E-state index in [0.29, 0.717) is 17.3 Å². The molecule has 0 bridgehead atoms. The molecule has 3 heterocycles. The Morgan fingerprint density at radius 3 is 3.04 bits per heavy atom. The second kappa shape index (κ2) is 7.29. The molecular weight excluding hydrogens is 350 g/mol. The topological polar surface area (TPSA) is 68.0 Å². The summed E-state index contributed by atoms with van der Waals surface area (Å²) in [5.41, 5.74) is 1.00. The predicted molar refractivity (Wildman–Crippen MR) is 96.1 cm³/mol.